The predicted molar refractivity (Wildman–Crippen MR) is 123 cm³/mol. The van der Waals surface area contributed by atoms with Crippen molar-refractivity contribution in [2.45, 2.75) is 0 Å². The predicted octanol–water partition coefficient (Wildman–Crippen LogP) is 4.76. The third-order valence-electron chi connectivity index (χ3n) is 3.71. The summed E-state index contributed by atoms with van der Waals surface area (Å²) in [5.74, 6) is 1.75. The van der Waals surface area contributed by atoms with Gasteiger partial charge >= 0.3 is 0 Å². The SMILES string of the molecule is COc1cc(/C=N/N2C(=O)CSC2=S)cc(Cl)c1OCCOc1ccc(Br)cc1. The Labute approximate surface area is 191 Å². The molecule has 3 rings (SSSR count). The molecule has 6 nitrogen and oxygen atoms in total. The number of thiocarbonyl (C=S) groups is 1. The van der Waals surface area contributed by atoms with Crippen molar-refractivity contribution in [3.05, 3.63) is 51.5 Å². The monoisotopic (exact) mass is 514 g/mol. The molecule has 0 N–H and O–H groups in total. The van der Waals surface area contributed by atoms with Crippen LogP contribution in [0.1, 0.15) is 5.56 Å². The van der Waals surface area contributed by atoms with Gasteiger partial charge in [-0.05, 0) is 42.0 Å². The quantitative estimate of drug-likeness (QED) is 0.287. The first-order valence-corrected chi connectivity index (χ1v) is 11.0. The Morgan fingerprint density at radius 2 is 2.00 bits per heavy atom. The number of ether oxygens (including phenoxy) is 3. The molecule has 0 unspecified atom stereocenters. The second-order valence-corrected chi connectivity index (χ2v) is 8.62. The van der Waals surface area contributed by atoms with Crippen molar-refractivity contribution in [1.82, 2.24) is 5.01 Å². The fourth-order valence-corrected chi connectivity index (χ4v) is 3.88. The number of rotatable bonds is 8. The van der Waals surface area contributed by atoms with E-state index >= 15 is 0 Å². The van der Waals surface area contributed by atoms with E-state index in [2.05, 4.69) is 21.0 Å². The molecule has 0 bridgehead atoms. The highest BCUT2D eigenvalue weighted by atomic mass is 79.9. The number of thioether (sulfide) groups is 1. The van der Waals surface area contributed by atoms with Crippen LogP contribution in [0.2, 0.25) is 5.02 Å². The molecule has 1 aliphatic heterocycles. The Balaban J connectivity index is 1.62. The van der Waals surface area contributed by atoms with Crippen LogP contribution in [0, 0.1) is 0 Å². The van der Waals surface area contributed by atoms with E-state index < -0.39 is 0 Å². The third kappa shape index (κ3) is 5.85. The zero-order valence-corrected chi connectivity index (χ0v) is 19.2. The number of hydrogen-bond donors (Lipinski definition) is 0. The van der Waals surface area contributed by atoms with Crippen molar-refractivity contribution in [2.75, 3.05) is 26.1 Å². The smallest absolute Gasteiger partial charge is 0.259 e. The van der Waals surface area contributed by atoms with Gasteiger partial charge < -0.3 is 14.2 Å². The maximum absolute atomic E-state index is 11.7. The normalized spacial score (nSPS) is 14.0. The lowest BCUT2D eigenvalue weighted by Gasteiger charge is -2.14. The Morgan fingerprint density at radius 3 is 2.66 bits per heavy atom. The van der Waals surface area contributed by atoms with Crippen molar-refractivity contribution in [1.29, 1.82) is 0 Å². The van der Waals surface area contributed by atoms with Crippen LogP contribution in [0.3, 0.4) is 0 Å². The molecule has 1 amide bonds. The van der Waals surface area contributed by atoms with Gasteiger partial charge in [-0.2, -0.15) is 10.1 Å². The first-order chi connectivity index (χ1) is 14.0. The minimum absolute atomic E-state index is 0.153. The molecule has 0 radical (unpaired) electrons. The molecule has 29 heavy (non-hydrogen) atoms. The first kappa shape index (κ1) is 21.9. The maximum atomic E-state index is 11.7. The van der Waals surface area contributed by atoms with Crippen LogP contribution in [-0.4, -0.2) is 47.5 Å². The largest absolute Gasteiger partial charge is 0.493 e. The average Bonchev–Trinajstić information content (AvgIpc) is 3.03. The number of amides is 1. The lowest BCUT2D eigenvalue weighted by molar-refractivity contribution is -0.123. The van der Waals surface area contributed by atoms with Crippen molar-refractivity contribution < 1.29 is 19.0 Å². The molecule has 0 saturated carbocycles. The molecule has 1 heterocycles. The first-order valence-electron chi connectivity index (χ1n) is 8.40. The van der Waals surface area contributed by atoms with Gasteiger partial charge in [0.15, 0.2) is 15.8 Å². The molecule has 10 heteroatoms. The second-order valence-electron chi connectivity index (χ2n) is 5.69. The van der Waals surface area contributed by atoms with Gasteiger partial charge in [0.1, 0.15) is 19.0 Å². The lowest BCUT2D eigenvalue weighted by Crippen LogP contribution is -2.22. The number of carbonyl (C=O) groups is 1. The van der Waals surface area contributed by atoms with Crippen LogP contribution in [0.25, 0.3) is 0 Å². The molecule has 2 aromatic carbocycles. The second kappa shape index (κ2) is 10.3. The number of carbonyl (C=O) groups excluding carboxylic acids is 1. The van der Waals surface area contributed by atoms with Crippen LogP contribution in [-0.2, 0) is 4.79 Å². The Morgan fingerprint density at radius 1 is 1.28 bits per heavy atom. The molecule has 0 aliphatic carbocycles. The van der Waals surface area contributed by atoms with Gasteiger partial charge in [0.25, 0.3) is 5.91 Å². The van der Waals surface area contributed by atoms with E-state index in [1.54, 1.807) is 12.1 Å². The average molecular weight is 516 g/mol. The number of hydrazone groups is 1. The van der Waals surface area contributed by atoms with Gasteiger partial charge in [-0.15, -0.1) is 0 Å². The van der Waals surface area contributed by atoms with E-state index in [0.29, 0.717) is 38.8 Å². The standard InChI is InChI=1S/C19H16BrClN2O4S2/c1-25-16-9-12(10-22-23-17(24)11-29-19(23)28)8-15(21)18(16)27-7-6-26-14-4-2-13(20)3-5-14/h2-5,8-10H,6-7,11H2,1H3/b22-10+. The summed E-state index contributed by atoms with van der Waals surface area (Å²) in [6.45, 7) is 0.629. The van der Waals surface area contributed by atoms with Gasteiger partial charge in [0.05, 0.1) is 24.1 Å². The summed E-state index contributed by atoms with van der Waals surface area (Å²) in [6, 6.07) is 10.9. The van der Waals surface area contributed by atoms with Gasteiger partial charge in [0, 0.05) is 4.47 Å². The molecule has 1 saturated heterocycles. The molecule has 0 spiro atoms. The van der Waals surface area contributed by atoms with Gasteiger partial charge in [-0.3, -0.25) is 4.79 Å². The summed E-state index contributed by atoms with van der Waals surface area (Å²) in [6.07, 6.45) is 1.50. The molecule has 1 aliphatic rings. The van der Waals surface area contributed by atoms with Crippen LogP contribution < -0.4 is 14.2 Å². The Kier molecular flexibility index (Phi) is 7.77. The summed E-state index contributed by atoms with van der Waals surface area (Å²) in [5.41, 5.74) is 0.651. The van der Waals surface area contributed by atoms with Crippen LogP contribution in [0.15, 0.2) is 46.0 Å². The molecule has 0 atom stereocenters. The van der Waals surface area contributed by atoms with E-state index in [-0.39, 0.29) is 12.5 Å². The fourth-order valence-electron chi connectivity index (χ4n) is 2.37. The number of halogens is 2. The summed E-state index contributed by atoms with van der Waals surface area (Å²) in [5, 5.41) is 5.69. The lowest BCUT2D eigenvalue weighted by atomic mass is 10.2. The Hall–Kier alpha value is -1.81. The molecule has 2 aromatic rings. The van der Waals surface area contributed by atoms with Gasteiger partial charge in [0.2, 0.25) is 0 Å². The number of benzene rings is 2. The highest BCUT2D eigenvalue weighted by Crippen LogP contribution is 2.36. The zero-order valence-electron chi connectivity index (χ0n) is 15.3. The van der Waals surface area contributed by atoms with Gasteiger partial charge in [-0.1, -0.05) is 51.5 Å². The van der Waals surface area contributed by atoms with E-state index in [9.17, 15) is 4.79 Å². The fraction of sp³-hybridized carbons (Fsp3) is 0.211. The zero-order chi connectivity index (χ0) is 20.8. The summed E-state index contributed by atoms with van der Waals surface area (Å²) in [7, 11) is 1.52. The number of hydrogen-bond acceptors (Lipinski definition) is 7. The van der Waals surface area contributed by atoms with Crippen LogP contribution in [0.5, 0.6) is 17.2 Å². The Bertz CT molecular complexity index is 925. The van der Waals surface area contributed by atoms with E-state index in [0.717, 1.165) is 10.2 Å². The third-order valence-corrected chi connectivity index (χ3v) is 5.86. The number of nitrogens with zero attached hydrogens (tertiary/aromatic N) is 2. The number of methoxy groups -OCH3 is 1. The van der Waals surface area contributed by atoms with Crippen LogP contribution in [0.4, 0.5) is 0 Å². The van der Waals surface area contributed by atoms with Crippen molar-refractivity contribution in [3.63, 3.8) is 0 Å². The van der Waals surface area contributed by atoms with Crippen LogP contribution >= 0.6 is 51.5 Å². The molecular formula is C19H16BrClN2O4S2. The minimum atomic E-state index is -0.153. The maximum Gasteiger partial charge on any atom is 0.259 e. The van der Waals surface area contributed by atoms with Crippen molar-refractivity contribution in [3.8, 4) is 17.2 Å². The summed E-state index contributed by atoms with van der Waals surface area (Å²) < 4.78 is 18.2. The molecule has 152 valence electrons. The molecule has 1 fully saturated rings. The molecule has 0 aromatic heterocycles. The van der Waals surface area contributed by atoms with Gasteiger partial charge in [-0.25, -0.2) is 0 Å². The summed E-state index contributed by atoms with van der Waals surface area (Å²) in [4.78, 5) is 11.7. The van der Waals surface area contributed by atoms with Crippen molar-refractivity contribution >= 4 is 68.0 Å². The van der Waals surface area contributed by atoms with E-state index in [1.807, 2.05) is 24.3 Å². The molecular weight excluding hydrogens is 500 g/mol. The highest BCUT2D eigenvalue weighted by molar-refractivity contribution is 9.10. The van der Waals surface area contributed by atoms with Crippen molar-refractivity contribution in [2.24, 2.45) is 5.10 Å². The van der Waals surface area contributed by atoms with E-state index in [4.69, 9.17) is 38.0 Å². The van der Waals surface area contributed by atoms with E-state index in [1.165, 1.54) is 30.1 Å². The minimum Gasteiger partial charge on any atom is -0.493 e. The topological polar surface area (TPSA) is 60.4 Å². The summed E-state index contributed by atoms with van der Waals surface area (Å²) >= 11 is 16.1. The highest BCUT2D eigenvalue weighted by Gasteiger charge is 2.26.